The highest BCUT2D eigenvalue weighted by atomic mass is 16.5. The van der Waals surface area contributed by atoms with Crippen molar-refractivity contribution in [2.75, 3.05) is 19.7 Å². The maximum absolute atomic E-state index is 12.6. The van der Waals surface area contributed by atoms with E-state index in [9.17, 15) is 14.4 Å². The first-order chi connectivity index (χ1) is 13.0. The van der Waals surface area contributed by atoms with Crippen LogP contribution in [-0.2, 0) is 4.79 Å². The van der Waals surface area contributed by atoms with Gasteiger partial charge in [-0.1, -0.05) is 29.8 Å². The van der Waals surface area contributed by atoms with Gasteiger partial charge in [0.15, 0.2) is 6.61 Å². The molecule has 1 unspecified atom stereocenters. The molecule has 0 aromatic heterocycles. The molecule has 0 saturated carbocycles. The van der Waals surface area contributed by atoms with Gasteiger partial charge >= 0.3 is 0 Å². The lowest BCUT2D eigenvalue weighted by atomic mass is 10.1. The van der Waals surface area contributed by atoms with Crippen LogP contribution in [0.15, 0.2) is 48.5 Å². The number of hydrogen-bond acceptors (Lipinski definition) is 4. The van der Waals surface area contributed by atoms with Gasteiger partial charge in [-0.25, -0.2) is 0 Å². The summed E-state index contributed by atoms with van der Waals surface area (Å²) in [5.74, 6) is -0.0451. The fraction of sp³-hybridized carbons (Fsp3) is 0.286. The molecule has 0 radical (unpaired) electrons. The highest BCUT2D eigenvalue weighted by Crippen LogP contribution is 2.28. The van der Waals surface area contributed by atoms with E-state index >= 15 is 0 Å². The Morgan fingerprint density at radius 3 is 2.30 bits per heavy atom. The fourth-order valence-corrected chi connectivity index (χ4v) is 3.59. The SMILES string of the molecule is Cc1ccc(OCC(=O)N2CCC(N3C(=O)c4ccccc4C3=O)C2)cc1. The molecule has 1 saturated heterocycles. The molecule has 6 nitrogen and oxygen atoms in total. The van der Waals surface area contributed by atoms with Crippen LogP contribution in [-0.4, -0.2) is 53.3 Å². The summed E-state index contributed by atoms with van der Waals surface area (Å²) in [6, 6.07) is 14.1. The van der Waals surface area contributed by atoms with E-state index in [-0.39, 0.29) is 30.4 Å². The van der Waals surface area contributed by atoms with Crippen molar-refractivity contribution in [3.05, 3.63) is 65.2 Å². The van der Waals surface area contributed by atoms with Crippen LogP contribution in [0.3, 0.4) is 0 Å². The first kappa shape index (κ1) is 17.3. The molecule has 2 aromatic rings. The van der Waals surface area contributed by atoms with Crippen LogP contribution < -0.4 is 4.74 Å². The summed E-state index contributed by atoms with van der Waals surface area (Å²) < 4.78 is 5.55. The molecule has 2 aromatic carbocycles. The standard InChI is InChI=1S/C21H20N2O4/c1-14-6-8-16(9-7-14)27-13-19(24)22-11-10-15(12-22)23-20(25)17-4-2-3-5-18(17)21(23)26/h2-9,15H,10-13H2,1H3. The summed E-state index contributed by atoms with van der Waals surface area (Å²) >= 11 is 0. The zero-order valence-corrected chi connectivity index (χ0v) is 15.1. The number of likely N-dealkylation sites (tertiary alicyclic amines) is 1. The van der Waals surface area contributed by atoms with Crippen molar-refractivity contribution in [1.29, 1.82) is 0 Å². The molecular weight excluding hydrogens is 344 g/mol. The van der Waals surface area contributed by atoms with E-state index in [2.05, 4.69) is 0 Å². The molecule has 2 aliphatic heterocycles. The topological polar surface area (TPSA) is 66.9 Å². The Hall–Kier alpha value is -3.15. The van der Waals surface area contributed by atoms with Crippen LogP contribution in [0.5, 0.6) is 5.75 Å². The molecule has 0 spiro atoms. The minimum atomic E-state index is -0.291. The van der Waals surface area contributed by atoms with Crippen molar-refractivity contribution in [3.8, 4) is 5.75 Å². The van der Waals surface area contributed by atoms with Gasteiger partial charge < -0.3 is 9.64 Å². The average molecular weight is 364 g/mol. The summed E-state index contributed by atoms with van der Waals surface area (Å²) in [4.78, 5) is 40.6. The third kappa shape index (κ3) is 3.18. The number of aryl methyl sites for hydroxylation is 1. The van der Waals surface area contributed by atoms with Gasteiger partial charge in [-0.15, -0.1) is 0 Å². The Morgan fingerprint density at radius 1 is 1.04 bits per heavy atom. The minimum Gasteiger partial charge on any atom is -0.484 e. The van der Waals surface area contributed by atoms with Crippen LogP contribution in [0, 0.1) is 6.92 Å². The lowest BCUT2D eigenvalue weighted by Gasteiger charge is -2.22. The van der Waals surface area contributed by atoms with E-state index < -0.39 is 0 Å². The van der Waals surface area contributed by atoms with Gasteiger partial charge in [0, 0.05) is 13.1 Å². The van der Waals surface area contributed by atoms with E-state index in [1.807, 2.05) is 31.2 Å². The third-order valence-electron chi connectivity index (χ3n) is 5.09. The first-order valence-corrected chi connectivity index (χ1v) is 8.99. The molecule has 2 aliphatic rings. The van der Waals surface area contributed by atoms with Crippen LogP contribution in [0.4, 0.5) is 0 Å². The zero-order chi connectivity index (χ0) is 19.0. The number of hydrogen-bond donors (Lipinski definition) is 0. The van der Waals surface area contributed by atoms with Gasteiger partial charge in [-0.3, -0.25) is 19.3 Å². The number of nitrogens with zero attached hydrogens (tertiary/aromatic N) is 2. The Balaban J connectivity index is 1.37. The van der Waals surface area contributed by atoms with Crippen molar-refractivity contribution in [2.24, 2.45) is 0 Å². The highest BCUT2D eigenvalue weighted by Gasteiger charge is 2.42. The van der Waals surface area contributed by atoms with Crippen LogP contribution in [0.1, 0.15) is 32.7 Å². The van der Waals surface area contributed by atoms with Crippen LogP contribution in [0.25, 0.3) is 0 Å². The molecule has 0 aliphatic carbocycles. The maximum atomic E-state index is 12.6. The van der Waals surface area contributed by atoms with Crippen molar-refractivity contribution in [2.45, 2.75) is 19.4 Å². The summed E-state index contributed by atoms with van der Waals surface area (Å²) in [6.45, 7) is 2.78. The number of imide groups is 1. The quantitative estimate of drug-likeness (QED) is 0.781. The van der Waals surface area contributed by atoms with Gasteiger partial charge in [-0.2, -0.15) is 0 Å². The lowest BCUT2D eigenvalue weighted by Crippen LogP contribution is -2.43. The first-order valence-electron chi connectivity index (χ1n) is 8.99. The Morgan fingerprint density at radius 2 is 1.67 bits per heavy atom. The van der Waals surface area contributed by atoms with E-state index in [0.717, 1.165) is 5.56 Å². The van der Waals surface area contributed by atoms with Gasteiger partial charge in [0.1, 0.15) is 5.75 Å². The lowest BCUT2D eigenvalue weighted by molar-refractivity contribution is -0.132. The summed E-state index contributed by atoms with van der Waals surface area (Å²) in [5.41, 5.74) is 2.00. The molecule has 27 heavy (non-hydrogen) atoms. The predicted molar refractivity (Wildman–Crippen MR) is 98.6 cm³/mol. The molecular formula is C21H20N2O4. The molecule has 0 bridgehead atoms. The van der Waals surface area contributed by atoms with Crippen molar-refractivity contribution in [3.63, 3.8) is 0 Å². The van der Waals surface area contributed by atoms with Crippen molar-refractivity contribution >= 4 is 17.7 Å². The summed E-state index contributed by atoms with van der Waals surface area (Å²) in [5, 5.41) is 0. The van der Waals surface area contributed by atoms with Crippen LogP contribution in [0.2, 0.25) is 0 Å². The van der Waals surface area contributed by atoms with E-state index in [0.29, 0.717) is 36.4 Å². The van der Waals surface area contributed by atoms with E-state index in [1.54, 1.807) is 29.2 Å². The molecule has 0 N–H and O–H groups in total. The molecule has 6 heteroatoms. The molecule has 138 valence electrons. The minimum absolute atomic E-state index is 0.0576. The monoisotopic (exact) mass is 364 g/mol. The summed E-state index contributed by atoms with van der Waals surface area (Å²) in [7, 11) is 0. The second-order valence-corrected chi connectivity index (χ2v) is 6.91. The Bertz CT molecular complexity index is 872. The molecule has 1 atom stereocenters. The smallest absolute Gasteiger partial charge is 0.261 e. The largest absolute Gasteiger partial charge is 0.484 e. The van der Waals surface area contributed by atoms with Gasteiger partial charge in [0.25, 0.3) is 17.7 Å². The van der Waals surface area contributed by atoms with Gasteiger partial charge in [0.05, 0.1) is 17.2 Å². The number of rotatable bonds is 4. The molecule has 4 rings (SSSR count). The number of carbonyl (C=O) groups excluding carboxylic acids is 3. The maximum Gasteiger partial charge on any atom is 0.261 e. The second kappa shape index (κ2) is 6.87. The fourth-order valence-electron chi connectivity index (χ4n) is 3.59. The average Bonchev–Trinajstić information content (AvgIpc) is 3.25. The van der Waals surface area contributed by atoms with Crippen LogP contribution >= 0.6 is 0 Å². The number of amides is 3. The van der Waals surface area contributed by atoms with Crippen molar-refractivity contribution in [1.82, 2.24) is 9.80 Å². The molecule has 2 heterocycles. The third-order valence-corrected chi connectivity index (χ3v) is 5.09. The highest BCUT2D eigenvalue weighted by molar-refractivity contribution is 6.21. The van der Waals surface area contributed by atoms with Gasteiger partial charge in [-0.05, 0) is 37.6 Å². The summed E-state index contributed by atoms with van der Waals surface area (Å²) in [6.07, 6.45) is 0.585. The second-order valence-electron chi connectivity index (χ2n) is 6.91. The van der Waals surface area contributed by atoms with E-state index in [4.69, 9.17) is 4.74 Å². The number of carbonyl (C=O) groups is 3. The Labute approximate surface area is 157 Å². The molecule has 3 amide bonds. The van der Waals surface area contributed by atoms with Crippen molar-refractivity contribution < 1.29 is 19.1 Å². The predicted octanol–water partition coefficient (Wildman–Crippen LogP) is 2.27. The van der Waals surface area contributed by atoms with Gasteiger partial charge in [0.2, 0.25) is 0 Å². The number of benzene rings is 2. The zero-order valence-electron chi connectivity index (χ0n) is 15.1. The normalized spacial score (nSPS) is 18.8. The molecule has 1 fully saturated rings. The Kier molecular flexibility index (Phi) is 4.39. The van der Waals surface area contributed by atoms with E-state index in [1.165, 1.54) is 4.90 Å². The number of ether oxygens (including phenoxy) is 1. The number of fused-ring (bicyclic) bond motifs is 1.